The van der Waals surface area contributed by atoms with Gasteiger partial charge in [-0.25, -0.2) is 26.3 Å². The van der Waals surface area contributed by atoms with Crippen molar-refractivity contribution in [2.24, 2.45) is 10.9 Å². The van der Waals surface area contributed by atoms with Crippen LogP contribution in [0.15, 0.2) is 71.3 Å². The number of ether oxygens (including phenoxy) is 1. The van der Waals surface area contributed by atoms with Crippen molar-refractivity contribution in [3.8, 4) is 16.9 Å². The van der Waals surface area contributed by atoms with E-state index >= 15 is 0 Å². The SMILES string of the molecule is C/C=C(\C=C/Cc1ccc(-c2cc(F)c(C(F)(F)Oc3cc(F)c(F)c(F)c3)c(F)c2)c(F)c1)[C@@]12CCC(C=N1)C2. The second-order valence-electron chi connectivity index (χ2n) is 10.1. The van der Waals surface area contributed by atoms with Gasteiger partial charge in [-0.1, -0.05) is 30.4 Å². The zero-order chi connectivity index (χ0) is 29.5. The summed E-state index contributed by atoms with van der Waals surface area (Å²) in [4.78, 5) is 4.69. The van der Waals surface area contributed by atoms with Gasteiger partial charge in [-0.3, -0.25) is 4.99 Å². The largest absolute Gasteiger partial charge is 0.432 e. The van der Waals surface area contributed by atoms with Gasteiger partial charge < -0.3 is 4.74 Å². The topological polar surface area (TPSA) is 21.6 Å². The minimum atomic E-state index is -4.74. The molecule has 2 bridgehead atoms. The van der Waals surface area contributed by atoms with Crippen LogP contribution in [0.2, 0.25) is 0 Å². The van der Waals surface area contributed by atoms with Gasteiger partial charge in [0.2, 0.25) is 0 Å². The van der Waals surface area contributed by atoms with Crippen LogP contribution in [0.4, 0.5) is 35.1 Å². The van der Waals surface area contributed by atoms with E-state index in [0.29, 0.717) is 30.0 Å². The summed E-state index contributed by atoms with van der Waals surface area (Å²) in [5.41, 5.74) is -0.993. The normalized spacial score (nSPS) is 20.4. The molecular weight excluding hydrogens is 554 g/mol. The smallest absolute Gasteiger partial charge is 0.429 e. The van der Waals surface area contributed by atoms with Crippen LogP contribution in [0.5, 0.6) is 5.75 Å². The van der Waals surface area contributed by atoms with E-state index in [0.717, 1.165) is 24.8 Å². The van der Waals surface area contributed by atoms with Crippen LogP contribution in [-0.2, 0) is 12.5 Å². The molecule has 1 fully saturated rings. The third kappa shape index (κ3) is 5.52. The van der Waals surface area contributed by atoms with Crippen molar-refractivity contribution in [1.29, 1.82) is 0 Å². The van der Waals surface area contributed by atoms with Crippen molar-refractivity contribution < 1.29 is 39.9 Å². The van der Waals surface area contributed by atoms with Gasteiger partial charge in [0.15, 0.2) is 17.5 Å². The lowest BCUT2D eigenvalue weighted by molar-refractivity contribution is -0.189. The van der Waals surface area contributed by atoms with Crippen molar-refractivity contribution in [3.05, 3.63) is 112 Å². The molecular formula is C31H23F8NO. The lowest BCUT2D eigenvalue weighted by Crippen LogP contribution is -2.25. The second kappa shape index (κ2) is 10.8. The molecule has 2 atom stereocenters. The third-order valence-electron chi connectivity index (χ3n) is 7.44. The van der Waals surface area contributed by atoms with Gasteiger partial charge >= 0.3 is 6.11 Å². The number of fused-ring (bicyclic) bond motifs is 2. The summed E-state index contributed by atoms with van der Waals surface area (Å²) in [6.07, 6.45) is 6.56. The zero-order valence-electron chi connectivity index (χ0n) is 21.6. The van der Waals surface area contributed by atoms with E-state index in [4.69, 9.17) is 4.99 Å². The lowest BCUT2D eigenvalue weighted by Gasteiger charge is -2.24. The van der Waals surface area contributed by atoms with Crippen molar-refractivity contribution in [1.82, 2.24) is 0 Å². The highest BCUT2D eigenvalue weighted by Gasteiger charge is 2.44. The average molecular weight is 578 g/mol. The molecule has 3 aromatic rings. The van der Waals surface area contributed by atoms with E-state index in [1.807, 2.05) is 31.4 Å². The maximum atomic E-state index is 15.0. The van der Waals surface area contributed by atoms with E-state index < -0.39 is 52.3 Å². The summed E-state index contributed by atoms with van der Waals surface area (Å²) in [5.74, 6) is -10.7. The maximum Gasteiger partial charge on any atom is 0.432 e. The number of nitrogens with zero attached hydrogens (tertiary/aromatic N) is 1. The summed E-state index contributed by atoms with van der Waals surface area (Å²) >= 11 is 0. The Morgan fingerprint density at radius 3 is 2.17 bits per heavy atom. The Morgan fingerprint density at radius 2 is 1.63 bits per heavy atom. The predicted octanol–water partition coefficient (Wildman–Crippen LogP) is 8.98. The quantitative estimate of drug-likeness (QED) is 0.149. The van der Waals surface area contributed by atoms with E-state index in [1.54, 1.807) is 6.07 Å². The lowest BCUT2D eigenvalue weighted by atomic mass is 9.88. The van der Waals surface area contributed by atoms with E-state index in [-0.39, 0.29) is 28.8 Å². The summed E-state index contributed by atoms with van der Waals surface area (Å²) in [7, 11) is 0. The monoisotopic (exact) mass is 577 g/mol. The number of aliphatic imine (C=N–C) groups is 1. The predicted molar refractivity (Wildman–Crippen MR) is 138 cm³/mol. The number of halogens is 8. The molecule has 1 heterocycles. The van der Waals surface area contributed by atoms with Crippen LogP contribution < -0.4 is 4.74 Å². The highest BCUT2D eigenvalue weighted by molar-refractivity contribution is 5.68. The Labute approximate surface area is 230 Å². The molecule has 0 aromatic heterocycles. The first-order valence-corrected chi connectivity index (χ1v) is 12.8. The van der Waals surface area contributed by atoms with Crippen molar-refractivity contribution in [3.63, 3.8) is 0 Å². The first kappa shape index (κ1) is 28.6. The summed E-state index contributed by atoms with van der Waals surface area (Å²) in [6, 6.07) is 5.22. The van der Waals surface area contributed by atoms with E-state index in [9.17, 15) is 35.1 Å². The molecule has 2 aliphatic rings. The van der Waals surface area contributed by atoms with Crippen LogP contribution >= 0.6 is 0 Å². The number of hydrogen-bond donors (Lipinski definition) is 0. The molecule has 0 amide bonds. The molecule has 5 rings (SSSR count). The molecule has 0 N–H and O–H groups in total. The number of hydrogen-bond acceptors (Lipinski definition) is 2. The van der Waals surface area contributed by atoms with Crippen LogP contribution in [0.1, 0.15) is 37.3 Å². The summed E-state index contributed by atoms with van der Waals surface area (Å²) < 4.78 is 118. The van der Waals surface area contributed by atoms with Crippen molar-refractivity contribution in [2.75, 3.05) is 0 Å². The van der Waals surface area contributed by atoms with Crippen molar-refractivity contribution >= 4 is 6.21 Å². The molecule has 0 saturated heterocycles. The molecule has 3 aromatic carbocycles. The molecule has 0 spiro atoms. The Morgan fingerprint density at radius 1 is 0.951 bits per heavy atom. The number of benzene rings is 3. The maximum absolute atomic E-state index is 15.0. The first-order valence-electron chi connectivity index (χ1n) is 12.8. The Kier molecular flexibility index (Phi) is 7.52. The molecule has 41 heavy (non-hydrogen) atoms. The Hall–Kier alpha value is -3.95. The van der Waals surface area contributed by atoms with E-state index in [1.165, 1.54) is 12.1 Å². The van der Waals surface area contributed by atoms with Gasteiger partial charge in [-0.2, -0.15) is 8.78 Å². The molecule has 1 aliphatic heterocycles. The van der Waals surface area contributed by atoms with Crippen LogP contribution in [0, 0.1) is 40.8 Å². The van der Waals surface area contributed by atoms with Crippen LogP contribution in [0.3, 0.4) is 0 Å². The number of allylic oxidation sites excluding steroid dienone is 2. The van der Waals surface area contributed by atoms with E-state index in [2.05, 4.69) is 4.74 Å². The minimum absolute atomic E-state index is 0.106. The zero-order valence-corrected chi connectivity index (χ0v) is 21.6. The molecule has 2 nitrogen and oxygen atoms in total. The first-order chi connectivity index (χ1) is 19.4. The van der Waals surface area contributed by atoms with Gasteiger partial charge in [0.25, 0.3) is 0 Å². The number of rotatable bonds is 8. The van der Waals surface area contributed by atoms with Crippen LogP contribution in [0.25, 0.3) is 11.1 Å². The van der Waals surface area contributed by atoms with Gasteiger partial charge in [-0.15, -0.1) is 0 Å². The van der Waals surface area contributed by atoms with Gasteiger partial charge in [-0.05, 0) is 73.4 Å². The molecule has 10 heteroatoms. The Balaban J connectivity index is 1.33. The molecule has 1 unspecified atom stereocenters. The van der Waals surface area contributed by atoms with Gasteiger partial charge in [0.1, 0.15) is 28.8 Å². The highest BCUT2D eigenvalue weighted by atomic mass is 19.3. The molecule has 0 radical (unpaired) electrons. The fraction of sp³-hybridized carbons (Fsp3) is 0.258. The van der Waals surface area contributed by atoms with Crippen LogP contribution in [-0.4, -0.2) is 11.8 Å². The summed E-state index contributed by atoms with van der Waals surface area (Å²) in [5, 5.41) is 0. The number of alkyl halides is 2. The van der Waals surface area contributed by atoms with Gasteiger partial charge in [0.05, 0.1) is 5.54 Å². The summed E-state index contributed by atoms with van der Waals surface area (Å²) in [6.45, 7) is 1.94. The third-order valence-corrected chi connectivity index (χ3v) is 7.44. The molecule has 214 valence electrons. The fourth-order valence-corrected chi connectivity index (χ4v) is 5.45. The minimum Gasteiger partial charge on any atom is -0.429 e. The van der Waals surface area contributed by atoms with Crippen molar-refractivity contribution in [2.45, 2.75) is 44.3 Å². The van der Waals surface area contributed by atoms with Gasteiger partial charge in [0, 0.05) is 23.9 Å². The standard InChI is InChI=1S/C31H23F8NO/c1-2-20(30-9-8-18(15-30)16-40-30)5-3-4-17-6-7-22(23(32)10-17)19-11-24(33)28(25(34)12-19)31(38,39)41-21-13-26(35)29(37)27(36)14-21/h2-3,5-7,10-14,16,18H,4,8-9,15H2,1H3/b5-3-,20-2+/t18?,30-/m0/s1. The Bertz CT molecular complexity index is 1550. The fourth-order valence-electron chi connectivity index (χ4n) is 5.45. The second-order valence-corrected chi connectivity index (χ2v) is 10.1. The average Bonchev–Trinajstić information content (AvgIpc) is 3.51. The highest BCUT2D eigenvalue weighted by Crippen LogP contribution is 2.47. The molecule has 1 saturated carbocycles. The molecule has 1 aliphatic carbocycles.